The maximum atomic E-state index is 12.7. The highest BCUT2D eigenvalue weighted by Crippen LogP contribution is 2.42. The summed E-state index contributed by atoms with van der Waals surface area (Å²) in [7, 11) is 0. The number of amides is 1. The molecule has 24 heavy (non-hydrogen) atoms. The third-order valence-electron chi connectivity index (χ3n) is 5.01. The molecule has 1 spiro atoms. The number of benzene rings is 1. The maximum Gasteiger partial charge on any atom is 0.254 e. The Hall–Kier alpha value is -1.59. The average molecular weight is 333 g/mol. The molecule has 0 N–H and O–H groups in total. The van der Waals surface area contributed by atoms with Crippen LogP contribution in [-0.4, -0.2) is 55.9 Å². The zero-order valence-electron chi connectivity index (χ0n) is 14.6. The minimum absolute atomic E-state index is 0.0567. The number of carbonyl (C=O) groups is 1. The molecule has 2 fully saturated rings. The van der Waals surface area contributed by atoms with Crippen molar-refractivity contribution >= 4 is 5.91 Å². The summed E-state index contributed by atoms with van der Waals surface area (Å²) in [4.78, 5) is 14.6. The molecule has 0 unspecified atom stereocenters. The molecule has 1 atom stereocenters. The van der Waals surface area contributed by atoms with Gasteiger partial charge in [0.2, 0.25) is 0 Å². The van der Waals surface area contributed by atoms with E-state index < -0.39 is 0 Å². The molecule has 0 radical (unpaired) electrons. The van der Waals surface area contributed by atoms with E-state index in [2.05, 4.69) is 0 Å². The molecule has 0 saturated carbocycles. The quantitative estimate of drug-likeness (QED) is 0.720. The first-order valence-corrected chi connectivity index (χ1v) is 8.92. The van der Waals surface area contributed by atoms with Gasteiger partial charge in [-0.1, -0.05) is 6.07 Å². The number of hydrogen-bond acceptors (Lipinski definition) is 4. The number of hydrogen-bond donors (Lipinski definition) is 0. The molecule has 2 saturated heterocycles. The van der Waals surface area contributed by atoms with E-state index >= 15 is 0 Å². The van der Waals surface area contributed by atoms with Gasteiger partial charge in [-0.25, -0.2) is 0 Å². The second-order valence-electron chi connectivity index (χ2n) is 6.51. The van der Waals surface area contributed by atoms with Gasteiger partial charge in [0.15, 0.2) is 0 Å². The van der Waals surface area contributed by atoms with Gasteiger partial charge in [-0.05, 0) is 50.8 Å². The van der Waals surface area contributed by atoms with E-state index in [1.165, 1.54) is 0 Å². The fourth-order valence-electron chi connectivity index (χ4n) is 3.72. The molecule has 0 bridgehead atoms. The molecule has 1 amide bonds. The fourth-order valence-corrected chi connectivity index (χ4v) is 3.72. The minimum atomic E-state index is -0.149. The fraction of sp³-hybridized carbons (Fsp3) is 0.632. The van der Waals surface area contributed by atoms with E-state index in [1.807, 2.05) is 43.0 Å². The van der Waals surface area contributed by atoms with Crippen molar-refractivity contribution in [3.05, 3.63) is 29.8 Å². The predicted molar refractivity (Wildman–Crippen MR) is 91.4 cm³/mol. The van der Waals surface area contributed by atoms with Crippen molar-refractivity contribution in [1.29, 1.82) is 0 Å². The van der Waals surface area contributed by atoms with Gasteiger partial charge in [0.05, 0.1) is 19.7 Å². The van der Waals surface area contributed by atoms with E-state index in [0.29, 0.717) is 31.2 Å². The average Bonchev–Trinajstić information content (AvgIpc) is 2.98. The molecule has 5 nitrogen and oxygen atoms in total. The second-order valence-corrected chi connectivity index (χ2v) is 6.51. The predicted octanol–water partition coefficient (Wildman–Crippen LogP) is 2.74. The van der Waals surface area contributed by atoms with Gasteiger partial charge in [-0.2, -0.15) is 0 Å². The summed E-state index contributed by atoms with van der Waals surface area (Å²) in [5, 5.41) is 0. The first-order chi connectivity index (χ1) is 11.7. The van der Waals surface area contributed by atoms with Gasteiger partial charge in [-0.3, -0.25) is 4.79 Å². The van der Waals surface area contributed by atoms with Gasteiger partial charge in [-0.15, -0.1) is 0 Å². The first-order valence-electron chi connectivity index (χ1n) is 8.92. The lowest BCUT2D eigenvalue weighted by Crippen LogP contribution is -2.66. The standard InChI is InChI=1S/C19H27NO4/c1-3-22-10-8-16-9-11-24-19(16)13-20(14-19)18(21)15-6-5-7-17(12-15)23-4-2/h5-7,12,16H,3-4,8-11,13-14H2,1-2H3/t16-/m0/s1. The first kappa shape index (κ1) is 17.2. The van der Waals surface area contributed by atoms with E-state index in [4.69, 9.17) is 14.2 Å². The number of nitrogens with zero attached hydrogens (tertiary/aromatic N) is 1. The molecule has 132 valence electrons. The lowest BCUT2D eigenvalue weighted by atomic mass is 9.79. The Morgan fingerprint density at radius 2 is 2.17 bits per heavy atom. The molecular formula is C19H27NO4. The van der Waals surface area contributed by atoms with E-state index in [0.717, 1.165) is 38.4 Å². The zero-order valence-corrected chi connectivity index (χ0v) is 14.6. The monoisotopic (exact) mass is 333 g/mol. The third-order valence-corrected chi connectivity index (χ3v) is 5.01. The van der Waals surface area contributed by atoms with Crippen molar-refractivity contribution in [3.8, 4) is 5.75 Å². The van der Waals surface area contributed by atoms with Gasteiger partial charge in [0, 0.05) is 25.4 Å². The summed E-state index contributed by atoms with van der Waals surface area (Å²) in [6, 6.07) is 7.41. The smallest absolute Gasteiger partial charge is 0.254 e. The molecule has 1 aromatic carbocycles. The van der Waals surface area contributed by atoms with Gasteiger partial charge in [0.25, 0.3) is 5.91 Å². The van der Waals surface area contributed by atoms with Crippen LogP contribution in [-0.2, 0) is 9.47 Å². The molecule has 0 aliphatic carbocycles. The van der Waals surface area contributed by atoms with Crippen LogP contribution >= 0.6 is 0 Å². The molecular weight excluding hydrogens is 306 g/mol. The highest BCUT2D eigenvalue weighted by Gasteiger charge is 2.54. The highest BCUT2D eigenvalue weighted by molar-refractivity contribution is 5.95. The summed E-state index contributed by atoms with van der Waals surface area (Å²) in [6.45, 7) is 8.23. The van der Waals surface area contributed by atoms with Crippen molar-refractivity contribution in [3.63, 3.8) is 0 Å². The molecule has 1 aromatic rings. The van der Waals surface area contributed by atoms with Crippen molar-refractivity contribution in [2.45, 2.75) is 32.3 Å². The van der Waals surface area contributed by atoms with E-state index in [-0.39, 0.29) is 11.5 Å². The van der Waals surface area contributed by atoms with Crippen molar-refractivity contribution in [2.75, 3.05) is 39.5 Å². The number of ether oxygens (including phenoxy) is 3. The van der Waals surface area contributed by atoms with Crippen molar-refractivity contribution < 1.29 is 19.0 Å². The lowest BCUT2D eigenvalue weighted by molar-refractivity contribution is -0.120. The Labute approximate surface area is 143 Å². The van der Waals surface area contributed by atoms with Crippen molar-refractivity contribution in [2.24, 2.45) is 5.92 Å². The number of likely N-dealkylation sites (tertiary alicyclic amines) is 1. The second kappa shape index (κ2) is 7.53. The SMILES string of the molecule is CCOCC[C@H]1CCOC12CN(C(=O)c1cccc(OCC)c1)C2. The van der Waals surface area contributed by atoms with E-state index in [9.17, 15) is 4.79 Å². The van der Waals surface area contributed by atoms with Crippen LogP contribution in [0.5, 0.6) is 5.75 Å². The maximum absolute atomic E-state index is 12.7. The summed E-state index contributed by atoms with van der Waals surface area (Å²) >= 11 is 0. The van der Waals surface area contributed by atoms with Crippen LogP contribution in [0.1, 0.15) is 37.0 Å². The van der Waals surface area contributed by atoms with Crippen LogP contribution in [0.15, 0.2) is 24.3 Å². The van der Waals surface area contributed by atoms with Crippen LogP contribution < -0.4 is 4.74 Å². The Morgan fingerprint density at radius 3 is 2.92 bits per heavy atom. The van der Waals surface area contributed by atoms with E-state index in [1.54, 1.807) is 0 Å². The van der Waals surface area contributed by atoms with Crippen LogP contribution in [0.3, 0.4) is 0 Å². The summed E-state index contributed by atoms with van der Waals surface area (Å²) in [6.07, 6.45) is 2.07. The molecule has 2 aliphatic heterocycles. The molecule has 2 heterocycles. The zero-order chi connectivity index (χ0) is 17.0. The molecule has 5 heteroatoms. The summed E-state index contributed by atoms with van der Waals surface area (Å²) in [5.41, 5.74) is 0.532. The molecule has 2 aliphatic rings. The largest absolute Gasteiger partial charge is 0.494 e. The minimum Gasteiger partial charge on any atom is -0.494 e. The summed E-state index contributed by atoms with van der Waals surface area (Å²) < 4.78 is 17.0. The number of carbonyl (C=O) groups excluding carboxylic acids is 1. The van der Waals surface area contributed by atoms with Crippen LogP contribution in [0.4, 0.5) is 0 Å². The topological polar surface area (TPSA) is 48.0 Å². The number of rotatable bonds is 7. The van der Waals surface area contributed by atoms with Crippen LogP contribution in [0, 0.1) is 5.92 Å². The lowest BCUT2D eigenvalue weighted by Gasteiger charge is -2.50. The van der Waals surface area contributed by atoms with Gasteiger partial charge in [0.1, 0.15) is 11.4 Å². The molecule has 0 aromatic heterocycles. The molecule has 3 rings (SSSR count). The highest BCUT2D eigenvalue weighted by atomic mass is 16.5. The normalized spacial score (nSPS) is 21.8. The van der Waals surface area contributed by atoms with Crippen molar-refractivity contribution in [1.82, 2.24) is 4.90 Å². The Balaban J connectivity index is 1.59. The van der Waals surface area contributed by atoms with Gasteiger partial charge < -0.3 is 19.1 Å². The van der Waals surface area contributed by atoms with Crippen LogP contribution in [0.2, 0.25) is 0 Å². The Morgan fingerprint density at radius 1 is 1.33 bits per heavy atom. The third kappa shape index (κ3) is 3.42. The van der Waals surface area contributed by atoms with Gasteiger partial charge >= 0.3 is 0 Å². The summed E-state index contributed by atoms with van der Waals surface area (Å²) in [5.74, 6) is 1.29. The van der Waals surface area contributed by atoms with Crippen LogP contribution in [0.25, 0.3) is 0 Å². The Bertz CT molecular complexity index is 568. The Kier molecular flexibility index (Phi) is 5.41.